The van der Waals surface area contributed by atoms with Crippen molar-refractivity contribution in [1.82, 2.24) is 9.80 Å². The van der Waals surface area contributed by atoms with E-state index in [1.54, 1.807) is 0 Å². The highest BCUT2D eigenvalue weighted by atomic mass is 15.2. The van der Waals surface area contributed by atoms with Crippen molar-refractivity contribution >= 4 is 0 Å². The third-order valence-corrected chi connectivity index (χ3v) is 5.36. The minimum absolute atomic E-state index is 0.737. The summed E-state index contributed by atoms with van der Waals surface area (Å²) in [6.07, 6.45) is 10.0. The average Bonchev–Trinajstić information content (AvgIpc) is 2.46. The lowest BCUT2D eigenvalue weighted by molar-refractivity contribution is 0.0658. The van der Waals surface area contributed by atoms with Crippen LogP contribution in [-0.4, -0.2) is 48.1 Å². The van der Waals surface area contributed by atoms with Crippen molar-refractivity contribution in [3.05, 3.63) is 0 Å². The van der Waals surface area contributed by atoms with E-state index in [1.165, 1.54) is 71.1 Å². The van der Waals surface area contributed by atoms with Gasteiger partial charge in [-0.15, -0.1) is 0 Å². The predicted molar refractivity (Wildman–Crippen MR) is 83.6 cm³/mol. The molecule has 2 aliphatic rings. The number of unbranched alkanes of at least 4 members (excludes halogenated alkanes) is 1. The fraction of sp³-hybridized carbons (Fsp3) is 1.00. The Kier molecular flexibility index (Phi) is 6.15. The fourth-order valence-electron chi connectivity index (χ4n) is 3.87. The Balaban J connectivity index is 1.68. The highest BCUT2D eigenvalue weighted by molar-refractivity contribution is 4.84. The molecule has 19 heavy (non-hydrogen) atoms. The molecule has 112 valence electrons. The summed E-state index contributed by atoms with van der Waals surface area (Å²) in [5.74, 6) is 1.03. The summed E-state index contributed by atoms with van der Waals surface area (Å²) in [4.78, 5) is 5.45. The largest absolute Gasteiger partial charge is 0.301 e. The van der Waals surface area contributed by atoms with Gasteiger partial charge < -0.3 is 9.80 Å². The van der Waals surface area contributed by atoms with E-state index in [2.05, 4.69) is 30.6 Å². The molecule has 2 fully saturated rings. The van der Waals surface area contributed by atoms with Gasteiger partial charge in [0.05, 0.1) is 0 Å². The van der Waals surface area contributed by atoms with Crippen molar-refractivity contribution in [2.24, 2.45) is 5.92 Å². The van der Waals surface area contributed by atoms with Crippen LogP contribution < -0.4 is 0 Å². The number of piperidine rings is 2. The zero-order valence-corrected chi connectivity index (χ0v) is 13.4. The molecule has 0 spiro atoms. The summed E-state index contributed by atoms with van der Waals surface area (Å²) >= 11 is 0. The number of hydrogen-bond donors (Lipinski definition) is 0. The number of hydrogen-bond acceptors (Lipinski definition) is 2. The third-order valence-electron chi connectivity index (χ3n) is 5.36. The summed E-state index contributed by atoms with van der Waals surface area (Å²) < 4.78 is 0. The standard InChI is InChI=1S/C17H34N2/c1-4-5-6-16-7-11-19(12-8-16)17-9-13-18(14-10-17)15(2)3/h15-17H,4-14H2,1-3H3. The summed E-state index contributed by atoms with van der Waals surface area (Å²) in [7, 11) is 0. The molecular weight excluding hydrogens is 232 g/mol. The molecule has 0 bridgehead atoms. The topological polar surface area (TPSA) is 6.48 Å². The van der Waals surface area contributed by atoms with Gasteiger partial charge in [-0.25, -0.2) is 0 Å². The minimum Gasteiger partial charge on any atom is -0.301 e. The molecule has 0 unspecified atom stereocenters. The Bertz CT molecular complexity index is 236. The maximum Gasteiger partial charge on any atom is 0.0120 e. The molecule has 2 heteroatoms. The molecule has 0 aliphatic carbocycles. The Morgan fingerprint density at radius 3 is 2.11 bits per heavy atom. The Labute approximate surface area is 120 Å². The van der Waals surface area contributed by atoms with Crippen LogP contribution in [0.5, 0.6) is 0 Å². The van der Waals surface area contributed by atoms with E-state index >= 15 is 0 Å². The smallest absolute Gasteiger partial charge is 0.0120 e. The molecule has 2 rings (SSSR count). The third kappa shape index (κ3) is 4.46. The van der Waals surface area contributed by atoms with Crippen LogP contribution >= 0.6 is 0 Å². The van der Waals surface area contributed by atoms with Gasteiger partial charge in [0.15, 0.2) is 0 Å². The van der Waals surface area contributed by atoms with Crippen LogP contribution in [0.25, 0.3) is 0 Å². The quantitative estimate of drug-likeness (QED) is 0.747. The molecule has 0 N–H and O–H groups in total. The summed E-state index contributed by atoms with van der Waals surface area (Å²) in [6, 6.07) is 1.63. The molecule has 0 aromatic heterocycles. The first-order valence-corrected chi connectivity index (χ1v) is 8.68. The Hall–Kier alpha value is -0.0800. The SMILES string of the molecule is CCCCC1CCN(C2CCN(C(C)C)CC2)CC1. The normalized spacial score (nSPS) is 25.3. The first-order valence-electron chi connectivity index (χ1n) is 8.68. The van der Waals surface area contributed by atoms with Crippen LogP contribution in [0.1, 0.15) is 65.7 Å². The number of nitrogens with zero attached hydrogens (tertiary/aromatic N) is 2. The van der Waals surface area contributed by atoms with Gasteiger partial charge >= 0.3 is 0 Å². The van der Waals surface area contributed by atoms with Crippen LogP contribution in [-0.2, 0) is 0 Å². The number of rotatable bonds is 5. The van der Waals surface area contributed by atoms with Gasteiger partial charge in [0, 0.05) is 12.1 Å². The van der Waals surface area contributed by atoms with Gasteiger partial charge in [-0.3, -0.25) is 0 Å². The van der Waals surface area contributed by atoms with E-state index in [0.29, 0.717) is 0 Å². The molecule has 0 saturated carbocycles. The lowest BCUT2D eigenvalue weighted by Crippen LogP contribution is -2.49. The van der Waals surface area contributed by atoms with Crippen molar-refractivity contribution in [3.8, 4) is 0 Å². The summed E-state index contributed by atoms with van der Waals surface area (Å²) in [6.45, 7) is 12.4. The number of likely N-dealkylation sites (tertiary alicyclic amines) is 2. The molecule has 2 nitrogen and oxygen atoms in total. The van der Waals surface area contributed by atoms with E-state index < -0.39 is 0 Å². The van der Waals surface area contributed by atoms with Gasteiger partial charge in [-0.2, -0.15) is 0 Å². The minimum atomic E-state index is 0.737. The van der Waals surface area contributed by atoms with Gasteiger partial charge in [0.1, 0.15) is 0 Å². The monoisotopic (exact) mass is 266 g/mol. The molecule has 2 heterocycles. The lowest BCUT2D eigenvalue weighted by Gasteiger charge is -2.42. The van der Waals surface area contributed by atoms with E-state index in [1.807, 2.05) is 0 Å². The van der Waals surface area contributed by atoms with Crippen molar-refractivity contribution in [3.63, 3.8) is 0 Å². The van der Waals surface area contributed by atoms with E-state index in [-0.39, 0.29) is 0 Å². The van der Waals surface area contributed by atoms with Gasteiger partial charge in [0.2, 0.25) is 0 Å². The zero-order valence-electron chi connectivity index (χ0n) is 13.4. The second kappa shape index (κ2) is 7.64. The van der Waals surface area contributed by atoms with E-state index in [4.69, 9.17) is 0 Å². The van der Waals surface area contributed by atoms with Crippen LogP contribution in [0.2, 0.25) is 0 Å². The first kappa shape index (κ1) is 15.3. The second-order valence-electron chi connectivity index (χ2n) is 6.98. The van der Waals surface area contributed by atoms with Crippen molar-refractivity contribution < 1.29 is 0 Å². The molecule has 0 aromatic carbocycles. The predicted octanol–water partition coefficient (Wildman–Crippen LogP) is 3.76. The van der Waals surface area contributed by atoms with E-state index in [0.717, 1.165) is 18.0 Å². The van der Waals surface area contributed by atoms with Crippen LogP contribution in [0.4, 0.5) is 0 Å². The van der Waals surface area contributed by atoms with Gasteiger partial charge in [-0.1, -0.05) is 26.2 Å². The molecule has 0 radical (unpaired) electrons. The molecule has 0 amide bonds. The average molecular weight is 266 g/mol. The second-order valence-corrected chi connectivity index (χ2v) is 6.98. The molecule has 2 aliphatic heterocycles. The van der Waals surface area contributed by atoms with Crippen molar-refractivity contribution in [2.45, 2.75) is 77.8 Å². The molecule has 0 aromatic rings. The highest BCUT2D eigenvalue weighted by Crippen LogP contribution is 2.27. The van der Waals surface area contributed by atoms with E-state index in [9.17, 15) is 0 Å². The lowest BCUT2D eigenvalue weighted by atomic mass is 9.90. The maximum atomic E-state index is 2.81. The van der Waals surface area contributed by atoms with Crippen molar-refractivity contribution in [1.29, 1.82) is 0 Å². The first-order chi connectivity index (χ1) is 9.20. The van der Waals surface area contributed by atoms with Crippen LogP contribution in [0, 0.1) is 5.92 Å². The van der Waals surface area contributed by atoms with Crippen molar-refractivity contribution in [2.75, 3.05) is 26.2 Å². The zero-order chi connectivity index (χ0) is 13.7. The van der Waals surface area contributed by atoms with Crippen LogP contribution in [0.15, 0.2) is 0 Å². The molecule has 0 atom stereocenters. The summed E-state index contributed by atoms with van der Waals surface area (Å²) in [5, 5.41) is 0. The van der Waals surface area contributed by atoms with Crippen LogP contribution in [0.3, 0.4) is 0 Å². The summed E-state index contributed by atoms with van der Waals surface area (Å²) in [5.41, 5.74) is 0. The molecule has 2 saturated heterocycles. The Morgan fingerprint density at radius 2 is 1.58 bits per heavy atom. The van der Waals surface area contributed by atoms with Gasteiger partial charge in [0.25, 0.3) is 0 Å². The molecular formula is C17H34N2. The van der Waals surface area contributed by atoms with Gasteiger partial charge in [-0.05, 0) is 71.6 Å². The fourth-order valence-corrected chi connectivity index (χ4v) is 3.87. The highest BCUT2D eigenvalue weighted by Gasteiger charge is 2.28. The maximum absolute atomic E-state index is 2.81. The Morgan fingerprint density at radius 1 is 0.947 bits per heavy atom.